The van der Waals surface area contributed by atoms with Crippen molar-refractivity contribution in [2.24, 2.45) is 0 Å². The number of benzene rings is 2. The molecule has 0 saturated carbocycles. The second-order valence-corrected chi connectivity index (χ2v) is 7.81. The fourth-order valence-corrected chi connectivity index (χ4v) is 3.89. The first-order chi connectivity index (χ1) is 15.5. The molecule has 1 aliphatic rings. The average Bonchev–Trinajstić information content (AvgIpc) is 3.22. The van der Waals surface area contributed by atoms with Crippen molar-refractivity contribution in [3.63, 3.8) is 0 Å². The van der Waals surface area contributed by atoms with Crippen LogP contribution in [0.15, 0.2) is 68.5 Å². The van der Waals surface area contributed by atoms with Crippen LogP contribution in [0.3, 0.4) is 0 Å². The number of amides is 1. The summed E-state index contributed by atoms with van der Waals surface area (Å²) in [6.07, 6.45) is 4.80. The Morgan fingerprint density at radius 1 is 1.19 bits per heavy atom. The molecule has 6 nitrogen and oxygen atoms in total. The quantitative estimate of drug-likeness (QED) is 0.448. The van der Waals surface area contributed by atoms with Crippen LogP contribution in [0, 0.1) is 12.7 Å². The van der Waals surface area contributed by atoms with Crippen LogP contribution in [0.2, 0.25) is 0 Å². The maximum absolute atomic E-state index is 13.2. The smallest absolute Gasteiger partial charge is 0.246 e. The van der Waals surface area contributed by atoms with E-state index in [1.54, 1.807) is 29.2 Å². The molecular weight excluding hydrogens is 411 g/mol. The predicted molar refractivity (Wildman–Crippen MR) is 117 cm³/mol. The highest BCUT2D eigenvalue weighted by Crippen LogP contribution is 2.30. The summed E-state index contributed by atoms with van der Waals surface area (Å²) in [6, 6.07) is 11.4. The number of rotatable bonds is 3. The number of nitrogens with zero attached hydrogens (tertiary/aromatic N) is 2. The van der Waals surface area contributed by atoms with E-state index in [4.69, 9.17) is 8.94 Å². The first-order valence-corrected chi connectivity index (χ1v) is 10.2. The van der Waals surface area contributed by atoms with Crippen molar-refractivity contribution in [1.29, 1.82) is 0 Å². The number of fused-ring (bicyclic) bond motifs is 2. The Morgan fingerprint density at radius 2 is 2.00 bits per heavy atom. The molecule has 32 heavy (non-hydrogen) atoms. The van der Waals surface area contributed by atoms with Gasteiger partial charge in [-0.25, -0.2) is 4.39 Å². The molecule has 4 aromatic rings. The summed E-state index contributed by atoms with van der Waals surface area (Å²) < 4.78 is 24.2. The molecule has 0 N–H and O–H groups in total. The van der Waals surface area contributed by atoms with Crippen molar-refractivity contribution in [2.45, 2.75) is 19.9 Å². The number of halogens is 1. The molecule has 5 rings (SSSR count). The van der Waals surface area contributed by atoms with E-state index < -0.39 is 0 Å². The number of hydrogen-bond acceptors (Lipinski definition) is 5. The summed E-state index contributed by atoms with van der Waals surface area (Å²) in [6.45, 7) is 2.69. The monoisotopic (exact) mass is 430 g/mol. The lowest BCUT2D eigenvalue weighted by atomic mass is 10.0. The van der Waals surface area contributed by atoms with E-state index in [0.29, 0.717) is 47.5 Å². The minimum Gasteiger partial charge on any atom is -0.463 e. The van der Waals surface area contributed by atoms with Gasteiger partial charge in [-0.05, 0) is 55.8 Å². The van der Waals surface area contributed by atoms with Gasteiger partial charge in [-0.3, -0.25) is 9.59 Å². The lowest BCUT2D eigenvalue weighted by molar-refractivity contribution is -0.126. The molecule has 160 valence electrons. The lowest BCUT2D eigenvalue weighted by Crippen LogP contribution is -2.34. The minimum atomic E-state index is -0.318. The Kier molecular flexibility index (Phi) is 4.93. The number of aryl methyl sites for hydroxylation is 1. The molecule has 0 spiro atoms. The molecule has 0 saturated heterocycles. The van der Waals surface area contributed by atoms with Crippen molar-refractivity contribution >= 4 is 23.0 Å². The standard InChI is InChI=1S/C25H19FN2O4/c1-15-2-8-22-20(12-15)24(30)17(14-31-22)5-9-23(29)28-11-10-19-21(13-28)27-32-25(19)16-3-6-18(26)7-4-16/h2-9,12,14H,10-11,13H2,1H3/b9-5+. The molecule has 2 aromatic heterocycles. The second kappa shape index (κ2) is 7.92. The molecule has 3 heterocycles. The molecule has 0 fully saturated rings. The van der Waals surface area contributed by atoms with Crippen LogP contribution < -0.4 is 5.43 Å². The normalized spacial score (nSPS) is 13.6. The van der Waals surface area contributed by atoms with E-state index in [2.05, 4.69) is 5.16 Å². The minimum absolute atomic E-state index is 0.180. The first-order valence-electron chi connectivity index (χ1n) is 10.2. The average molecular weight is 430 g/mol. The van der Waals surface area contributed by atoms with E-state index >= 15 is 0 Å². The van der Waals surface area contributed by atoms with Crippen LogP contribution in [-0.4, -0.2) is 22.5 Å². The fraction of sp³-hybridized carbons (Fsp3) is 0.160. The van der Waals surface area contributed by atoms with Crippen molar-refractivity contribution in [3.8, 4) is 11.3 Å². The van der Waals surface area contributed by atoms with Gasteiger partial charge >= 0.3 is 0 Å². The first kappa shape index (κ1) is 19.9. The highest BCUT2D eigenvalue weighted by atomic mass is 19.1. The maximum atomic E-state index is 13.2. The van der Waals surface area contributed by atoms with E-state index in [9.17, 15) is 14.0 Å². The zero-order chi connectivity index (χ0) is 22.2. The van der Waals surface area contributed by atoms with Gasteiger partial charge in [0, 0.05) is 23.7 Å². The summed E-state index contributed by atoms with van der Waals surface area (Å²) >= 11 is 0. The van der Waals surface area contributed by atoms with Crippen LogP contribution in [0.5, 0.6) is 0 Å². The van der Waals surface area contributed by atoms with Gasteiger partial charge in [0.2, 0.25) is 5.91 Å². The highest BCUT2D eigenvalue weighted by molar-refractivity contribution is 5.92. The molecular formula is C25H19FN2O4. The summed E-state index contributed by atoms with van der Waals surface area (Å²) in [7, 11) is 0. The van der Waals surface area contributed by atoms with Gasteiger partial charge in [0.15, 0.2) is 11.2 Å². The molecule has 0 aliphatic carbocycles. The van der Waals surface area contributed by atoms with Crippen LogP contribution >= 0.6 is 0 Å². The van der Waals surface area contributed by atoms with Crippen LogP contribution in [-0.2, 0) is 17.8 Å². The summed E-state index contributed by atoms with van der Waals surface area (Å²) in [5, 5.41) is 4.60. The number of carbonyl (C=O) groups excluding carboxylic acids is 1. The van der Waals surface area contributed by atoms with Gasteiger partial charge in [-0.15, -0.1) is 0 Å². The van der Waals surface area contributed by atoms with Crippen LogP contribution in [0.25, 0.3) is 28.4 Å². The van der Waals surface area contributed by atoms with Gasteiger partial charge in [-0.1, -0.05) is 16.8 Å². The fourth-order valence-electron chi connectivity index (χ4n) is 3.89. The third-order valence-corrected chi connectivity index (χ3v) is 5.62. The van der Waals surface area contributed by atoms with Gasteiger partial charge in [0.1, 0.15) is 23.4 Å². The van der Waals surface area contributed by atoms with Crippen molar-refractivity contribution in [3.05, 3.63) is 93.2 Å². The largest absolute Gasteiger partial charge is 0.463 e. The van der Waals surface area contributed by atoms with Crippen molar-refractivity contribution in [1.82, 2.24) is 10.1 Å². The van der Waals surface area contributed by atoms with Gasteiger partial charge < -0.3 is 13.8 Å². The van der Waals surface area contributed by atoms with E-state index in [-0.39, 0.29) is 17.2 Å². The zero-order valence-corrected chi connectivity index (χ0v) is 17.3. The molecule has 1 aliphatic heterocycles. The Hall–Kier alpha value is -4.00. The molecule has 0 radical (unpaired) electrons. The SMILES string of the molecule is Cc1ccc2occ(/C=C/C(=O)N3CCc4c(noc4-c4ccc(F)cc4)C3)c(=O)c2c1. The Morgan fingerprint density at radius 3 is 2.81 bits per heavy atom. The lowest BCUT2D eigenvalue weighted by Gasteiger charge is -2.24. The molecule has 1 amide bonds. The number of hydrogen-bond donors (Lipinski definition) is 0. The van der Waals surface area contributed by atoms with E-state index in [1.165, 1.54) is 30.5 Å². The predicted octanol–water partition coefficient (Wildman–Crippen LogP) is 4.49. The Labute approximate surface area is 182 Å². The van der Waals surface area contributed by atoms with Gasteiger partial charge in [0.25, 0.3) is 0 Å². The second-order valence-electron chi connectivity index (χ2n) is 7.81. The van der Waals surface area contributed by atoms with Crippen molar-refractivity contribution in [2.75, 3.05) is 6.54 Å². The number of carbonyl (C=O) groups is 1. The molecule has 0 atom stereocenters. The van der Waals surface area contributed by atoms with E-state index in [1.807, 2.05) is 13.0 Å². The third kappa shape index (κ3) is 3.62. The molecule has 7 heteroatoms. The maximum Gasteiger partial charge on any atom is 0.246 e. The Bertz CT molecular complexity index is 1420. The Balaban J connectivity index is 1.34. The van der Waals surface area contributed by atoms with E-state index in [0.717, 1.165) is 16.7 Å². The highest BCUT2D eigenvalue weighted by Gasteiger charge is 2.26. The summed E-state index contributed by atoms with van der Waals surface area (Å²) in [5.41, 5.74) is 3.95. The molecule has 0 bridgehead atoms. The molecule has 0 unspecified atom stereocenters. The van der Waals surface area contributed by atoms with Crippen LogP contribution in [0.1, 0.15) is 22.4 Å². The topological polar surface area (TPSA) is 76.6 Å². The van der Waals surface area contributed by atoms with Gasteiger partial charge in [-0.2, -0.15) is 0 Å². The summed E-state index contributed by atoms with van der Waals surface area (Å²) in [4.78, 5) is 27.1. The van der Waals surface area contributed by atoms with Gasteiger partial charge in [0.05, 0.1) is 17.5 Å². The number of aromatic nitrogens is 1. The molecule has 2 aromatic carbocycles. The van der Waals surface area contributed by atoms with Crippen molar-refractivity contribution < 1.29 is 18.1 Å². The van der Waals surface area contributed by atoms with Crippen LogP contribution in [0.4, 0.5) is 4.39 Å². The summed E-state index contributed by atoms with van der Waals surface area (Å²) in [5.74, 6) is 0.0544. The third-order valence-electron chi connectivity index (χ3n) is 5.62. The zero-order valence-electron chi connectivity index (χ0n) is 17.3.